The first-order valence-corrected chi connectivity index (χ1v) is 10.3. The lowest BCUT2D eigenvalue weighted by atomic mass is 10.1. The molecule has 0 fully saturated rings. The van der Waals surface area contributed by atoms with Crippen LogP contribution in [0, 0.1) is 5.92 Å². The maximum absolute atomic E-state index is 10.9. The zero-order chi connectivity index (χ0) is 21.8. The second-order valence-corrected chi connectivity index (χ2v) is 7.44. The first-order valence-electron chi connectivity index (χ1n) is 10.3. The summed E-state index contributed by atoms with van der Waals surface area (Å²) in [5.41, 5.74) is 2.03. The van der Waals surface area contributed by atoms with E-state index < -0.39 is 30.2 Å². The molecule has 0 bridgehead atoms. The minimum absolute atomic E-state index is 0.130. The van der Waals surface area contributed by atoms with E-state index in [2.05, 4.69) is 0 Å². The number of ether oxygens (including phenoxy) is 3. The van der Waals surface area contributed by atoms with Gasteiger partial charge in [-0.15, -0.1) is 0 Å². The van der Waals surface area contributed by atoms with Crippen molar-refractivity contribution in [3.05, 3.63) is 71.8 Å². The Labute approximate surface area is 178 Å². The predicted molar refractivity (Wildman–Crippen MR) is 114 cm³/mol. The van der Waals surface area contributed by atoms with Crippen molar-refractivity contribution in [2.24, 2.45) is 5.92 Å². The number of aliphatic hydroxyl groups is 1. The van der Waals surface area contributed by atoms with Gasteiger partial charge < -0.3 is 24.4 Å². The average Bonchev–Trinajstić information content (AvgIpc) is 2.75. The zero-order valence-corrected chi connectivity index (χ0v) is 17.6. The van der Waals surface area contributed by atoms with E-state index in [1.807, 2.05) is 60.7 Å². The molecule has 30 heavy (non-hydrogen) atoms. The topological polar surface area (TPSA) is 85.2 Å². The summed E-state index contributed by atoms with van der Waals surface area (Å²) in [6, 6.07) is 19.5. The molecule has 0 saturated carbocycles. The fourth-order valence-corrected chi connectivity index (χ4v) is 2.97. The van der Waals surface area contributed by atoms with Crippen LogP contribution in [0.4, 0.5) is 0 Å². The van der Waals surface area contributed by atoms with Gasteiger partial charge in [-0.1, -0.05) is 60.7 Å². The number of benzene rings is 2. The summed E-state index contributed by atoms with van der Waals surface area (Å²) < 4.78 is 17.7. The minimum atomic E-state index is -0.889. The number of hydrogen-bond acceptors (Lipinski definition) is 5. The maximum atomic E-state index is 10.9. The highest BCUT2D eigenvalue weighted by Crippen LogP contribution is 2.18. The standard InChI is InChI=1S/C24H32O6/c1-18(24(26)27)15-28-14-13-22(29-16-20-9-5-3-6-10-20)23(19(2)25)30-17-21-11-7-4-8-12-21/h3-12,18-19,22-23,25H,13-17H2,1-2H3,(H,26,27)/t18-,19-,22-,23-/m0/s1. The lowest BCUT2D eigenvalue weighted by Gasteiger charge is -2.30. The Morgan fingerprint density at radius 1 is 0.900 bits per heavy atom. The second kappa shape index (κ2) is 13.1. The smallest absolute Gasteiger partial charge is 0.308 e. The van der Waals surface area contributed by atoms with E-state index >= 15 is 0 Å². The number of rotatable bonds is 14. The molecule has 0 aromatic heterocycles. The molecule has 2 rings (SSSR count). The Morgan fingerprint density at radius 3 is 1.93 bits per heavy atom. The normalized spacial score (nSPS) is 15.3. The first kappa shape index (κ1) is 24.0. The van der Waals surface area contributed by atoms with Gasteiger partial charge in [0, 0.05) is 6.61 Å². The fraction of sp³-hybridized carbons (Fsp3) is 0.458. The van der Waals surface area contributed by atoms with E-state index in [1.165, 1.54) is 0 Å². The third-order valence-corrected chi connectivity index (χ3v) is 4.77. The molecule has 2 aromatic carbocycles. The number of aliphatic carboxylic acids is 1. The molecule has 0 saturated heterocycles. The van der Waals surface area contributed by atoms with Crippen molar-refractivity contribution < 1.29 is 29.2 Å². The van der Waals surface area contributed by atoms with Gasteiger partial charge in [0.05, 0.1) is 37.9 Å². The van der Waals surface area contributed by atoms with Crippen LogP contribution < -0.4 is 0 Å². The van der Waals surface area contributed by atoms with Crippen LogP contribution in [0.25, 0.3) is 0 Å². The van der Waals surface area contributed by atoms with Crippen molar-refractivity contribution in [2.45, 2.75) is 51.8 Å². The van der Waals surface area contributed by atoms with Crippen molar-refractivity contribution in [1.82, 2.24) is 0 Å². The predicted octanol–water partition coefficient (Wildman–Crippen LogP) is 3.67. The third kappa shape index (κ3) is 8.63. The minimum Gasteiger partial charge on any atom is -0.481 e. The van der Waals surface area contributed by atoms with Crippen LogP contribution in [-0.4, -0.2) is 47.7 Å². The molecule has 6 nitrogen and oxygen atoms in total. The number of aliphatic hydroxyl groups excluding tert-OH is 1. The van der Waals surface area contributed by atoms with Crippen LogP contribution in [0.1, 0.15) is 31.4 Å². The van der Waals surface area contributed by atoms with E-state index in [9.17, 15) is 9.90 Å². The van der Waals surface area contributed by atoms with Crippen LogP contribution in [0.15, 0.2) is 60.7 Å². The monoisotopic (exact) mass is 416 g/mol. The van der Waals surface area contributed by atoms with E-state index in [4.69, 9.17) is 19.3 Å². The summed E-state index contributed by atoms with van der Waals surface area (Å²) in [5, 5.41) is 19.3. The highest BCUT2D eigenvalue weighted by atomic mass is 16.5. The SMILES string of the molecule is C[C@H](O)[C@H](OCc1ccccc1)[C@H](CCOC[C@H](C)C(=O)O)OCc1ccccc1. The van der Waals surface area contributed by atoms with Gasteiger partial charge in [-0.2, -0.15) is 0 Å². The second-order valence-electron chi connectivity index (χ2n) is 7.44. The molecular weight excluding hydrogens is 384 g/mol. The summed E-state index contributed by atoms with van der Waals surface area (Å²) in [6.07, 6.45) is -1.22. The van der Waals surface area contributed by atoms with Crippen LogP contribution in [0.2, 0.25) is 0 Å². The number of carbonyl (C=O) groups is 1. The summed E-state index contributed by atoms with van der Waals surface area (Å²) in [6.45, 7) is 4.47. The summed E-state index contributed by atoms with van der Waals surface area (Å²) in [7, 11) is 0. The molecular formula is C24H32O6. The van der Waals surface area contributed by atoms with E-state index in [0.29, 0.717) is 26.2 Å². The first-order chi connectivity index (χ1) is 14.5. The van der Waals surface area contributed by atoms with Crippen molar-refractivity contribution in [3.63, 3.8) is 0 Å². The third-order valence-electron chi connectivity index (χ3n) is 4.77. The van der Waals surface area contributed by atoms with Gasteiger partial charge in [0.15, 0.2) is 0 Å². The lowest BCUT2D eigenvalue weighted by Crippen LogP contribution is -2.40. The van der Waals surface area contributed by atoms with Gasteiger partial charge in [-0.05, 0) is 31.4 Å². The number of carboxylic acids is 1. The molecule has 0 heterocycles. The van der Waals surface area contributed by atoms with Crippen LogP contribution in [0.5, 0.6) is 0 Å². The van der Waals surface area contributed by atoms with Crippen molar-refractivity contribution in [3.8, 4) is 0 Å². The van der Waals surface area contributed by atoms with Crippen LogP contribution in [0.3, 0.4) is 0 Å². The van der Waals surface area contributed by atoms with Crippen LogP contribution in [-0.2, 0) is 32.2 Å². The van der Waals surface area contributed by atoms with Gasteiger partial charge in [0.1, 0.15) is 6.10 Å². The van der Waals surface area contributed by atoms with Crippen molar-refractivity contribution in [2.75, 3.05) is 13.2 Å². The number of hydrogen-bond donors (Lipinski definition) is 2. The van der Waals surface area contributed by atoms with Gasteiger partial charge in [0.2, 0.25) is 0 Å². The van der Waals surface area contributed by atoms with Crippen molar-refractivity contribution in [1.29, 1.82) is 0 Å². The zero-order valence-electron chi connectivity index (χ0n) is 17.6. The molecule has 0 unspecified atom stereocenters. The van der Waals surface area contributed by atoms with Crippen LogP contribution >= 0.6 is 0 Å². The Balaban J connectivity index is 1.98. The highest BCUT2D eigenvalue weighted by molar-refractivity contribution is 5.69. The Morgan fingerprint density at radius 2 is 1.43 bits per heavy atom. The molecule has 0 amide bonds. The van der Waals surface area contributed by atoms with Gasteiger partial charge in [-0.3, -0.25) is 4.79 Å². The van der Waals surface area contributed by atoms with E-state index in [1.54, 1.807) is 13.8 Å². The molecule has 0 radical (unpaired) electrons. The quantitative estimate of drug-likeness (QED) is 0.457. The summed E-state index contributed by atoms with van der Waals surface area (Å²) in [5.74, 6) is -1.46. The highest BCUT2D eigenvalue weighted by Gasteiger charge is 2.28. The molecule has 4 atom stereocenters. The summed E-state index contributed by atoms with van der Waals surface area (Å²) in [4.78, 5) is 10.9. The molecule has 0 aliphatic carbocycles. The molecule has 164 valence electrons. The Hall–Kier alpha value is -2.25. The molecule has 2 aromatic rings. The molecule has 0 aliphatic rings. The molecule has 0 spiro atoms. The summed E-state index contributed by atoms with van der Waals surface area (Å²) >= 11 is 0. The molecule has 6 heteroatoms. The Kier molecular flexibility index (Phi) is 10.5. The Bertz CT molecular complexity index is 719. The lowest BCUT2D eigenvalue weighted by molar-refractivity contribution is -0.144. The molecule has 0 aliphatic heterocycles. The van der Waals surface area contributed by atoms with Gasteiger partial charge in [0.25, 0.3) is 0 Å². The van der Waals surface area contributed by atoms with Gasteiger partial charge >= 0.3 is 5.97 Å². The fourth-order valence-electron chi connectivity index (χ4n) is 2.97. The van der Waals surface area contributed by atoms with E-state index in [0.717, 1.165) is 11.1 Å². The van der Waals surface area contributed by atoms with Crippen molar-refractivity contribution >= 4 is 5.97 Å². The average molecular weight is 417 g/mol. The number of carboxylic acid groups (broad SMARTS) is 1. The largest absolute Gasteiger partial charge is 0.481 e. The molecule has 2 N–H and O–H groups in total. The van der Waals surface area contributed by atoms with E-state index in [-0.39, 0.29) is 6.61 Å². The maximum Gasteiger partial charge on any atom is 0.308 e. The van der Waals surface area contributed by atoms with Gasteiger partial charge in [-0.25, -0.2) is 0 Å².